The van der Waals surface area contributed by atoms with Gasteiger partial charge in [-0.05, 0) is 19.8 Å². The highest BCUT2D eigenvalue weighted by Crippen LogP contribution is 2.53. The fourth-order valence-electron chi connectivity index (χ4n) is 0.725. The highest BCUT2D eigenvalue weighted by atomic mass is 35.5. The molecule has 1 N–H and O–H groups in total. The molecule has 13 heavy (non-hydrogen) atoms. The smallest absolute Gasteiger partial charge is 0.321 e. The van der Waals surface area contributed by atoms with Gasteiger partial charge < -0.3 is 9.42 Å². The van der Waals surface area contributed by atoms with Gasteiger partial charge in [0.25, 0.3) is 0 Å². The van der Waals surface area contributed by atoms with Gasteiger partial charge in [-0.1, -0.05) is 25.4 Å². The van der Waals surface area contributed by atoms with Gasteiger partial charge in [-0.2, -0.15) is 0 Å². The molecule has 3 nitrogen and oxygen atoms in total. The van der Waals surface area contributed by atoms with E-state index < -0.39 is 7.60 Å². The molecule has 2 unspecified atom stereocenters. The molecule has 5 heteroatoms. The van der Waals surface area contributed by atoms with Gasteiger partial charge in [-0.25, -0.2) is 0 Å². The maximum atomic E-state index is 11.5. The van der Waals surface area contributed by atoms with Crippen LogP contribution in [0, 0.1) is 0 Å². The van der Waals surface area contributed by atoms with Crippen LogP contribution in [-0.4, -0.2) is 11.0 Å². The molecule has 0 amide bonds. The first kappa shape index (κ1) is 13.2. The molecular formula is C8H16ClO3P. The third-order valence-corrected chi connectivity index (χ3v) is 3.98. The predicted octanol–water partition coefficient (Wildman–Crippen LogP) is 3.48. The second-order valence-corrected chi connectivity index (χ2v) is 4.84. The number of allylic oxidation sites excluding steroid dienone is 1. The van der Waals surface area contributed by atoms with Crippen LogP contribution in [0.15, 0.2) is 10.8 Å². The Labute approximate surface area is 84.3 Å². The van der Waals surface area contributed by atoms with Crippen molar-refractivity contribution in [3.63, 3.8) is 0 Å². The summed E-state index contributed by atoms with van der Waals surface area (Å²) in [5.41, 5.74) is 1.13. The highest BCUT2D eigenvalue weighted by Gasteiger charge is 2.26. The van der Waals surface area contributed by atoms with Crippen LogP contribution in [0.25, 0.3) is 0 Å². The van der Waals surface area contributed by atoms with Crippen molar-refractivity contribution in [1.82, 2.24) is 0 Å². The van der Waals surface area contributed by atoms with Crippen LogP contribution in [0.4, 0.5) is 0 Å². The molecule has 0 heterocycles. The van der Waals surface area contributed by atoms with Crippen LogP contribution < -0.4 is 0 Å². The van der Waals surface area contributed by atoms with E-state index in [2.05, 4.69) is 0 Å². The molecule has 0 aromatic heterocycles. The first-order valence-corrected chi connectivity index (χ1v) is 6.30. The molecule has 0 aromatic rings. The molecule has 0 saturated heterocycles. The van der Waals surface area contributed by atoms with Crippen LogP contribution >= 0.6 is 19.2 Å². The second-order valence-electron chi connectivity index (χ2n) is 2.80. The predicted molar refractivity (Wildman–Crippen MR) is 54.9 cm³/mol. The minimum absolute atomic E-state index is 0.228. The van der Waals surface area contributed by atoms with E-state index in [4.69, 9.17) is 16.1 Å². The summed E-state index contributed by atoms with van der Waals surface area (Å²) in [4.78, 5) is 9.46. The standard InChI is InChI=1S/C8H16ClO3P/c1-4-7(3)12-13(10,11)8(5-2)6-9/h6-7H,4-5H2,1-3H3,(H,10,11). The van der Waals surface area contributed by atoms with Gasteiger partial charge in [0, 0.05) is 5.54 Å². The minimum atomic E-state index is -3.65. The lowest BCUT2D eigenvalue weighted by atomic mass is 10.3. The Morgan fingerprint density at radius 2 is 2.23 bits per heavy atom. The normalized spacial score (nSPS) is 19.6. The van der Waals surface area contributed by atoms with Gasteiger partial charge in [0.05, 0.1) is 11.4 Å². The van der Waals surface area contributed by atoms with E-state index in [-0.39, 0.29) is 11.4 Å². The lowest BCUT2D eigenvalue weighted by Gasteiger charge is -2.17. The molecule has 0 radical (unpaired) electrons. The molecule has 0 rings (SSSR count). The van der Waals surface area contributed by atoms with Crippen molar-refractivity contribution in [2.45, 2.75) is 39.7 Å². The Bertz CT molecular complexity index is 227. The quantitative estimate of drug-likeness (QED) is 0.730. The fraction of sp³-hybridized carbons (Fsp3) is 0.750. The number of hydrogen-bond donors (Lipinski definition) is 1. The Morgan fingerprint density at radius 1 is 1.69 bits per heavy atom. The van der Waals surface area contributed by atoms with Gasteiger partial charge in [0.1, 0.15) is 0 Å². The summed E-state index contributed by atoms with van der Waals surface area (Å²) in [6.45, 7) is 5.40. The van der Waals surface area contributed by atoms with E-state index in [1.807, 2.05) is 6.92 Å². The molecule has 0 aliphatic heterocycles. The van der Waals surface area contributed by atoms with E-state index in [1.54, 1.807) is 13.8 Å². The Hall–Kier alpha value is 0.180. The summed E-state index contributed by atoms with van der Waals surface area (Å²) in [7, 11) is -3.65. The summed E-state index contributed by atoms with van der Waals surface area (Å²) >= 11 is 5.40. The van der Waals surface area contributed by atoms with Crippen molar-refractivity contribution < 1.29 is 14.0 Å². The summed E-state index contributed by atoms with van der Waals surface area (Å²) in [6.07, 6.45) is 0.895. The summed E-state index contributed by atoms with van der Waals surface area (Å²) in [5.74, 6) is 0. The number of halogens is 1. The van der Waals surface area contributed by atoms with Crippen LogP contribution in [0.2, 0.25) is 0 Å². The average Bonchev–Trinajstić information content (AvgIpc) is 2.05. The number of hydrogen-bond acceptors (Lipinski definition) is 2. The molecule has 0 fully saturated rings. The summed E-state index contributed by atoms with van der Waals surface area (Å²) in [6, 6.07) is 0. The van der Waals surface area contributed by atoms with E-state index >= 15 is 0 Å². The molecule has 2 atom stereocenters. The SMILES string of the molecule is CCC(=CCl)P(=O)(O)OC(C)CC. The Morgan fingerprint density at radius 3 is 2.54 bits per heavy atom. The Balaban J connectivity index is 4.47. The van der Waals surface area contributed by atoms with Gasteiger partial charge >= 0.3 is 7.60 Å². The van der Waals surface area contributed by atoms with Crippen molar-refractivity contribution in [3.05, 3.63) is 10.8 Å². The largest absolute Gasteiger partial charge is 0.355 e. The topological polar surface area (TPSA) is 46.5 Å². The summed E-state index contributed by atoms with van der Waals surface area (Å²) < 4.78 is 16.5. The van der Waals surface area contributed by atoms with Crippen LogP contribution in [-0.2, 0) is 9.09 Å². The minimum Gasteiger partial charge on any atom is -0.321 e. The van der Waals surface area contributed by atoms with Crippen LogP contribution in [0.1, 0.15) is 33.6 Å². The zero-order valence-corrected chi connectivity index (χ0v) is 9.81. The lowest BCUT2D eigenvalue weighted by Crippen LogP contribution is -2.05. The molecule has 0 saturated carbocycles. The zero-order valence-electron chi connectivity index (χ0n) is 8.16. The molecular weight excluding hydrogens is 211 g/mol. The van der Waals surface area contributed by atoms with Gasteiger partial charge in [-0.3, -0.25) is 4.57 Å². The maximum absolute atomic E-state index is 11.5. The third kappa shape index (κ3) is 4.28. The monoisotopic (exact) mass is 226 g/mol. The van der Waals surface area contributed by atoms with Crippen LogP contribution in [0.5, 0.6) is 0 Å². The molecule has 0 aliphatic carbocycles. The van der Waals surface area contributed by atoms with Crippen molar-refractivity contribution in [3.8, 4) is 0 Å². The van der Waals surface area contributed by atoms with E-state index in [0.29, 0.717) is 12.8 Å². The zero-order chi connectivity index (χ0) is 10.5. The fourth-order valence-corrected chi connectivity index (χ4v) is 2.54. The Kier molecular flexibility index (Phi) is 5.90. The highest BCUT2D eigenvalue weighted by molar-refractivity contribution is 7.57. The van der Waals surface area contributed by atoms with Gasteiger partial charge in [0.15, 0.2) is 0 Å². The average molecular weight is 227 g/mol. The van der Waals surface area contributed by atoms with Crippen molar-refractivity contribution in [2.75, 3.05) is 0 Å². The van der Waals surface area contributed by atoms with E-state index in [9.17, 15) is 9.46 Å². The maximum Gasteiger partial charge on any atom is 0.355 e. The molecule has 0 bridgehead atoms. The molecule has 0 aliphatic rings. The van der Waals surface area contributed by atoms with E-state index in [0.717, 1.165) is 5.54 Å². The van der Waals surface area contributed by atoms with Crippen molar-refractivity contribution in [1.29, 1.82) is 0 Å². The second kappa shape index (κ2) is 5.82. The molecule has 0 spiro atoms. The van der Waals surface area contributed by atoms with Crippen molar-refractivity contribution in [2.24, 2.45) is 0 Å². The first-order chi connectivity index (χ1) is 5.97. The van der Waals surface area contributed by atoms with E-state index in [1.165, 1.54) is 0 Å². The lowest BCUT2D eigenvalue weighted by molar-refractivity contribution is 0.189. The van der Waals surface area contributed by atoms with Gasteiger partial charge in [0.2, 0.25) is 0 Å². The summed E-state index contributed by atoms with van der Waals surface area (Å²) in [5, 5.41) is 0.259. The van der Waals surface area contributed by atoms with Crippen molar-refractivity contribution >= 4 is 19.2 Å². The molecule has 0 aromatic carbocycles. The first-order valence-electron chi connectivity index (χ1n) is 4.28. The molecule has 78 valence electrons. The van der Waals surface area contributed by atoms with Gasteiger partial charge in [-0.15, -0.1) is 0 Å². The third-order valence-electron chi connectivity index (χ3n) is 1.75. The van der Waals surface area contributed by atoms with Crippen LogP contribution in [0.3, 0.4) is 0 Å². The number of rotatable bonds is 5.